The largest absolute Gasteiger partial charge is 0.344 e. The Labute approximate surface area is 123 Å². The number of hydrazone groups is 1. The van der Waals surface area contributed by atoms with Crippen molar-refractivity contribution in [3.8, 4) is 0 Å². The number of hydrogen-bond donors (Lipinski definition) is 3. The number of aromatic nitrogens is 2. The molecule has 0 saturated heterocycles. The van der Waals surface area contributed by atoms with Crippen molar-refractivity contribution in [3.63, 3.8) is 0 Å². The first-order valence-corrected chi connectivity index (χ1v) is 7.81. The van der Waals surface area contributed by atoms with Gasteiger partial charge in [0.1, 0.15) is 5.82 Å². The zero-order valence-corrected chi connectivity index (χ0v) is 12.0. The van der Waals surface area contributed by atoms with Gasteiger partial charge in [-0.05, 0) is 56.3 Å². The molecule has 0 unspecified atom stereocenters. The van der Waals surface area contributed by atoms with Crippen molar-refractivity contribution in [1.29, 1.82) is 0 Å². The van der Waals surface area contributed by atoms with Gasteiger partial charge in [0.15, 0.2) is 0 Å². The number of amides is 2. The van der Waals surface area contributed by atoms with E-state index in [0.29, 0.717) is 5.82 Å². The number of hydrogen-bond acceptors (Lipinski definition) is 3. The van der Waals surface area contributed by atoms with Crippen LogP contribution in [0.4, 0.5) is 4.79 Å². The van der Waals surface area contributed by atoms with Crippen LogP contribution in [0.1, 0.15) is 44.3 Å². The Morgan fingerprint density at radius 1 is 1.29 bits per heavy atom. The van der Waals surface area contributed by atoms with E-state index >= 15 is 0 Å². The molecule has 0 radical (unpaired) electrons. The molecular formula is C15H21N5O. The lowest BCUT2D eigenvalue weighted by Gasteiger charge is -2.56. The number of H-pyrrole nitrogens is 1. The molecule has 21 heavy (non-hydrogen) atoms. The highest BCUT2D eigenvalue weighted by molar-refractivity contribution is 5.79. The normalized spacial score (nSPS) is 37.0. The van der Waals surface area contributed by atoms with Crippen LogP contribution < -0.4 is 10.7 Å². The first-order chi connectivity index (χ1) is 10.2. The molecule has 0 spiro atoms. The van der Waals surface area contributed by atoms with Crippen LogP contribution >= 0.6 is 0 Å². The summed E-state index contributed by atoms with van der Waals surface area (Å²) in [5.41, 5.74) is 2.58. The maximum absolute atomic E-state index is 12.1. The lowest BCUT2D eigenvalue weighted by molar-refractivity contribution is -0.0135. The van der Waals surface area contributed by atoms with Crippen LogP contribution in [-0.2, 0) is 0 Å². The van der Waals surface area contributed by atoms with Gasteiger partial charge in [-0.15, -0.1) is 0 Å². The molecule has 3 N–H and O–H groups in total. The van der Waals surface area contributed by atoms with Gasteiger partial charge in [0.2, 0.25) is 0 Å². The van der Waals surface area contributed by atoms with E-state index in [0.717, 1.165) is 37.0 Å². The minimum absolute atomic E-state index is 0.0268. The van der Waals surface area contributed by atoms with Crippen molar-refractivity contribution in [2.24, 2.45) is 22.9 Å². The van der Waals surface area contributed by atoms with Crippen molar-refractivity contribution in [2.45, 2.75) is 44.1 Å². The minimum atomic E-state index is -0.195. The summed E-state index contributed by atoms with van der Waals surface area (Å²) < 4.78 is 0. The molecule has 0 aromatic carbocycles. The predicted molar refractivity (Wildman–Crippen MR) is 78.8 cm³/mol. The predicted octanol–water partition coefficient (Wildman–Crippen LogP) is 2.01. The summed E-state index contributed by atoms with van der Waals surface area (Å²) in [7, 11) is 0. The maximum atomic E-state index is 12.1. The molecule has 0 aliphatic heterocycles. The molecule has 1 heterocycles. The highest BCUT2D eigenvalue weighted by atomic mass is 16.2. The molecule has 1 aromatic heterocycles. The number of aromatic amines is 1. The van der Waals surface area contributed by atoms with E-state index < -0.39 is 0 Å². The average molecular weight is 287 g/mol. The lowest BCUT2D eigenvalue weighted by atomic mass is 9.53. The molecule has 4 aliphatic carbocycles. The summed E-state index contributed by atoms with van der Waals surface area (Å²) in [6.45, 7) is 0. The molecule has 6 nitrogen and oxygen atoms in total. The molecular weight excluding hydrogens is 266 g/mol. The molecule has 4 fully saturated rings. The molecule has 4 bridgehead atoms. The monoisotopic (exact) mass is 287 g/mol. The van der Waals surface area contributed by atoms with Crippen molar-refractivity contribution in [3.05, 3.63) is 18.2 Å². The standard InChI is InChI=1S/C15H21N5O/c21-14(20-18-9-13-16-1-2-17-13)19-15-6-10-3-11(7-15)5-12(4-10)8-15/h1-2,9-12H,3-8H2,(H,16,17)(H2,19,20,21)/b18-9+. The Morgan fingerprint density at radius 3 is 2.52 bits per heavy atom. The van der Waals surface area contributed by atoms with Crippen LogP contribution in [0.2, 0.25) is 0 Å². The van der Waals surface area contributed by atoms with Crippen LogP contribution in [0, 0.1) is 17.8 Å². The second-order valence-electron chi connectivity index (χ2n) is 7.00. The Hall–Kier alpha value is -1.85. The van der Waals surface area contributed by atoms with Gasteiger partial charge in [-0.25, -0.2) is 15.2 Å². The third kappa shape index (κ3) is 2.54. The van der Waals surface area contributed by atoms with Gasteiger partial charge >= 0.3 is 6.03 Å². The Balaban J connectivity index is 1.36. The Morgan fingerprint density at radius 2 is 1.95 bits per heavy atom. The summed E-state index contributed by atoms with van der Waals surface area (Å²) in [5.74, 6) is 3.10. The molecule has 0 atom stereocenters. The van der Waals surface area contributed by atoms with E-state index in [1.165, 1.54) is 25.5 Å². The summed E-state index contributed by atoms with van der Waals surface area (Å²) in [6.07, 6.45) is 12.4. The Bertz CT molecular complexity index is 515. The second kappa shape index (κ2) is 4.86. The number of carbonyl (C=O) groups excluding carboxylic acids is 1. The van der Waals surface area contributed by atoms with E-state index in [-0.39, 0.29) is 11.6 Å². The molecule has 4 aliphatic rings. The fourth-order valence-electron chi connectivity index (χ4n) is 5.03. The van der Waals surface area contributed by atoms with Gasteiger partial charge < -0.3 is 10.3 Å². The first kappa shape index (κ1) is 12.9. The van der Waals surface area contributed by atoms with Gasteiger partial charge in [0.05, 0.1) is 6.21 Å². The van der Waals surface area contributed by atoms with Crippen LogP contribution in [0.5, 0.6) is 0 Å². The summed E-state index contributed by atoms with van der Waals surface area (Å²) in [5, 5.41) is 7.14. The minimum Gasteiger partial charge on any atom is -0.344 e. The summed E-state index contributed by atoms with van der Waals surface area (Å²) in [4.78, 5) is 19.0. The molecule has 4 saturated carbocycles. The Kier molecular flexibility index (Phi) is 2.97. The number of urea groups is 1. The van der Waals surface area contributed by atoms with Gasteiger partial charge in [-0.2, -0.15) is 5.10 Å². The number of rotatable bonds is 3. The van der Waals surface area contributed by atoms with E-state index in [1.54, 1.807) is 12.4 Å². The third-order valence-electron chi connectivity index (χ3n) is 5.29. The fraction of sp³-hybridized carbons (Fsp3) is 0.667. The van der Waals surface area contributed by atoms with Crippen molar-refractivity contribution < 1.29 is 4.79 Å². The van der Waals surface area contributed by atoms with Crippen LogP contribution in [0.25, 0.3) is 0 Å². The quantitative estimate of drug-likeness (QED) is 0.587. The van der Waals surface area contributed by atoms with Crippen LogP contribution in [0.15, 0.2) is 17.5 Å². The van der Waals surface area contributed by atoms with Crippen molar-refractivity contribution in [2.75, 3.05) is 0 Å². The van der Waals surface area contributed by atoms with E-state index in [2.05, 4.69) is 25.8 Å². The van der Waals surface area contributed by atoms with Crippen LogP contribution in [0.3, 0.4) is 0 Å². The molecule has 112 valence electrons. The van der Waals surface area contributed by atoms with Gasteiger partial charge in [0.25, 0.3) is 0 Å². The number of imidazole rings is 1. The third-order valence-corrected chi connectivity index (χ3v) is 5.29. The van der Waals surface area contributed by atoms with E-state index in [9.17, 15) is 4.79 Å². The maximum Gasteiger partial charge on any atom is 0.335 e. The number of nitrogens with one attached hydrogen (secondary N) is 3. The van der Waals surface area contributed by atoms with Gasteiger partial charge in [-0.3, -0.25) is 0 Å². The number of carbonyl (C=O) groups is 1. The van der Waals surface area contributed by atoms with E-state index in [1.807, 2.05) is 0 Å². The van der Waals surface area contributed by atoms with Crippen molar-refractivity contribution >= 4 is 12.2 Å². The van der Waals surface area contributed by atoms with Gasteiger partial charge in [0, 0.05) is 17.9 Å². The molecule has 2 amide bonds. The fourth-order valence-corrected chi connectivity index (χ4v) is 5.03. The van der Waals surface area contributed by atoms with Crippen LogP contribution in [-0.4, -0.2) is 27.8 Å². The first-order valence-electron chi connectivity index (χ1n) is 7.81. The smallest absolute Gasteiger partial charge is 0.335 e. The molecule has 1 aromatic rings. The molecule has 6 heteroatoms. The number of nitrogens with zero attached hydrogens (tertiary/aromatic N) is 2. The van der Waals surface area contributed by atoms with E-state index in [4.69, 9.17) is 0 Å². The second-order valence-corrected chi connectivity index (χ2v) is 7.00. The zero-order valence-electron chi connectivity index (χ0n) is 12.0. The summed E-state index contributed by atoms with van der Waals surface area (Å²) in [6, 6.07) is -0.195. The average Bonchev–Trinajstić information content (AvgIpc) is 2.89. The highest BCUT2D eigenvalue weighted by Crippen LogP contribution is 2.55. The van der Waals surface area contributed by atoms with Gasteiger partial charge in [-0.1, -0.05) is 0 Å². The highest BCUT2D eigenvalue weighted by Gasteiger charge is 2.51. The topological polar surface area (TPSA) is 82.2 Å². The lowest BCUT2D eigenvalue weighted by Crippen LogP contribution is -2.61. The summed E-state index contributed by atoms with van der Waals surface area (Å²) >= 11 is 0. The molecule has 5 rings (SSSR count). The SMILES string of the molecule is O=C(N/N=C/c1ncc[nH]1)NC12CC3CC(CC(C3)C1)C2. The van der Waals surface area contributed by atoms with Crippen molar-refractivity contribution in [1.82, 2.24) is 20.7 Å². The zero-order chi connectivity index (χ0) is 14.3.